The summed E-state index contributed by atoms with van der Waals surface area (Å²) >= 11 is 0. The van der Waals surface area contributed by atoms with E-state index in [0.29, 0.717) is 11.7 Å². The molecule has 0 bridgehead atoms. The van der Waals surface area contributed by atoms with E-state index in [2.05, 4.69) is 0 Å². The predicted octanol–water partition coefficient (Wildman–Crippen LogP) is 3.01. The first-order chi connectivity index (χ1) is 8.71. The van der Waals surface area contributed by atoms with Crippen LogP contribution in [0.25, 0.3) is 0 Å². The zero-order valence-corrected chi connectivity index (χ0v) is 11.1. The highest BCUT2D eigenvalue weighted by molar-refractivity contribution is 5.79. The van der Waals surface area contributed by atoms with Crippen molar-refractivity contribution in [3.63, 3.8) is 0 Å². The number of methoxy groups -OCH3 is 2. The third-order valence-electron chi connectivity index (χ3n) is 3.52. The van der Waals surface area contributed by atoms with Crippen LogP contribution < -0.4 is 9.47 Å². The third kappa shape index (κ3) is 3.25. The SMILES string of the molecule is COc1cc(C[C@H]2CCCC(=O)C2)cc(OC)c1. The van der Waals surface area contributed by atoms with Crippen LogP contribution in [0.3, 0.4) is 0 Å². The van der Waals surface area contributed by atoms with E-state index in [9.17, 15) is 4.79 Å². The summed E-state index contributed by atoms with van der Waals surface area (Å²) in [6, 6.07) is 5.93. The Morgan fingerprint density at radius 3 is 2.39 bits per heavy atom. The largest absolute Gasteiger partial charge is 0.497 e. The highest BCUT2D eigenvalue weighted by Crippen LogP contribution is 2.29. The number of Topliss-reactive ketones (excluding diaryl/α,β-unsaturated/α-hetero) is 1. The first-order valence-electron chi connectivity index (χ1n) is 6.45. The quantitative estimate of drug-likeness (QED) is 0.821. The van der Waals surface area contributed by atoms with Crippen molar-refractivity contribution in [2.24, 2.45) is 5.92 Å². The molecule has 0 unspecified atom stereocenters. The van der Waals surface area contributed by atoms with Gasteiger partial charge in [-0.1, -0.05) is 0 Å². The summed E-state index contributed by atoms with van der Waals surface area (Å²) in [5, 5.41) is 0. The van der Waals surface area contributed by atoms with E-state index in [-0.39, 0.29) is 0 Å². The Balaban J connectivity index is 2.10. The van der Waals surface area contributed by atoms with Gasteiger partial charge in [0.05, 0.1) is 14.2 Å². The number of benzene rings is 1. The number of hydrogen-bond donors (Lipinski definition) is 0. The zero-order valence-electron chi connectivity index (χ0n) is 11.1. The summed E-state index contributed by atoms with van der Waals surface area (Å²) in [4.78, 5) is 11.5. The Bertz CT molecular complexity index is 403. The van der Waals surface area contributed by atoms with Crippen molar-refractivity contribution >= 4 is 5.78 Å². The van der Waals surface area contributed by atoms with Crippen LogP contribution >= 0.6 is 0 Å². The standard InChI is InChI=1S/C15H20O3/c1-17-14-8-12(9-15(10-14)18-2)6-11-4-3-5-13(16)7-11/h8-11H,3-7H2,1-2H3/t11-/m1/s1. The van der Waals surface area contributed by atoms with Crippen molar-refractivity contribution < 1.29 is 14.3 Å². The van der Waals surface area contributed by atoms with E-state index in [4.69, 9.17) is 9.47 Å². The van der Waals surface area contributed by atoms with Crippen LogP contribution in [0.1, 0.15) is 31.2 Å². The van der Waals surface area contributed by atoms with Crippen LogP contribution in [0, 0.1) is 5.92 Å². The molecule has 0 saturated heterocycles. The molecule has 18 heavy (non-hydrogen) atoms. The summed E-state index contributed by atoms with van der Waals surface area (Å²) in [6.07, 6.45) is 4.59. The second-order valence-electron chi connectivity index (χ2n) is 4.93. The van der Waals surface area contributed by atoms with Gasteiger partial charge in [0.25, 0.3) is 0 Å². The summed E-state index contributed by atoms with van der Waals surface area (Å²) in [5.41, 5.74) is 1.19. The molecule has 1 aliphatic carbocycles. The molecule has 3 nitrogen and oxygen atoms in total. The smallest absolute Gasteiger partial charge is 0.133 e. The Morgan fingerprint density at radius 2 is 1.83 bits per heavy atom. The highest BCUT2D eigenvalue weighted by atomic mass is 16.5. The molecular formula is C15H20O3. The maximum Gasteiger partial charge on any atom is 0.133 e. The van der Waals surface area contributed by atoms with Gasteiger partial charge >= 0.3 is 0 Å². The number of hydrogen-bond acceptors (Lipinski definition) is 3. The van der Waals surface area contributed by atoms with Gasteiger partial charge in [0.1, 0.15) is 17.3 Å². The molecule has 0 N–H and O–H groups in total. The summed E-state index contributed by atoms with van der Waals surface area (Å²) in [5.74, 6) is 2.50. The molecular weight excluding hydrogens is 228 g/mol. The molecule has 1 aromatic rings. The van der Waals surface area contributed by atoms with Gasteiger partial charge in [-0.05, 0) is 42.9 Å². The number of rotatable bonds is 4. The van der Waals surface area contributed by atoms with Crippen molar-refractivity contribution in [1.82, 2.24) is 0 Å². The molecule has 0 aromatic heterocycles. The molecule has 1 fully saturated rings. The average Bonchev–Trinajstić information content (AvgIpc) is 2.38. The maximum absolute atomic E-state index is 11.5. The zero-order chi connectivity index (χ0) is 13.0. The molecule has 1 aliphatic rings. The molecule has 0 spiro atoms. The lowest BCUT2D eigenvalue weighted by Crippen LogP contribution is -2.16. The van der Waals surface area contributed by atoms with E-state index < -0.39 is 0 Å². The van der Waals surface area contributed by atoms with E-state index in [0.717, 1.165) is 43.6 Å². The fourth-order valence-corrected chi connectivity index (χ4v) is 2.61. The van der Waals surface area contributed by atoms with Crippen molar-refractivity contribution in [1.29, 1.82) is 0 Å². The monoisotopic (exact) mass is 248 g/mol. The van der Waals surface area contributed by atoms with Crippen molar-refractivity contribution in [3.8, 4) is 11.5 Å². The number of ketones is 1. The summed E-state index contributed by atoms with van der Waals surface area (Å²) in [7, 11) is 3.31. The van der Waals surface area contributed by atoms with Crippen LogP contribution in [-0.4, -0.2) is 20.0 Å². The lowest BCUT2D eigenvalue weighted by atomic mass is 9.84. The van der Waals surface area contributed by atoms with Crippen molar-refractivity contribution in [2.45, 2.75) is 32.1 Å². The molecule has 0 radical (unpaired) electrons. The lowest BCUT2D eigenvalue weighted by Gasteiger charge is -2.21. The Morgan fingerprint density at radius 1 is 1.17 bits per heavy atom. The second-order valence-corrected chi connectivity index (χ2v) is 4.93. The molecule has 0 amide bonds. The third-order valence-corrected chi connectivity index (χ3v) is 3.52. The van der Waals surface area contributed by atoms with Crippen LogP contribution in [0.5, 0.6) is 11.5 Å². The molecule has 2 rings (SSSR count). The van der Waals surface area contributed by atoms with Crippen LogP contribution in [0.15, 0.2) is 18.2 Å². The molecule has 3 heteroatoms. The molecule has 1 saturated carbocycles. The Kier molecular flexibility index (Phi) is 4.24. The molecule has 0 heterocycles. The summed E-state index contributed by atoms with van der Waals surface area (Å²) < 4.78 is 10.5. The van der Waals surface area contributed by atoms with Gasteiger partial charge in [-0.2, -0.15) is 0 Å². The van der Waals surface area contributed by atoms with Crippen molar-refractivity contribution in [3.05, 3.63) is 23.8 Å². The number of carbonyl (C=O) groups is 1. The van der Waals surface area contributed by atoms with Gasteiger partial charge in [-0.3, -0.25) is 4.79 Å². The van der Waals surface area contributed by atoms with Gasteiger partial charge in [0.15, 0.2) is 0 Å². The molecule has 1 atom stereocenters. The first kappa shape index (κ1) is 12.9. The predicted molar refractivity (Wildman–Crippen MR) is 70.2 cm³/mol. The minimum atomic E-state index is 0.404. The van der Waals surface area contributed by atoms with Gasteiger partial charge < -0.3 is 9.47 Å². The second kappa shape index (κ2) is 5.89. The van der Waals surface area contributed by atoms with E-state index in [1.165, 1.54) is 5.56 Å². The minimum absolute atomic E-state index is 0.404. The summed E-state index contributed by atoms with van der Waals surface area (Å²) in [6.45, 7) is 0. The first-order valence-corrected chi connectivity index (χ1v) is 6.45. The molecule has 1 aromatic carbocycles. The average molecular weight is 248 g/mol. The van der Waals surface area contributed by atoms with Crippen LogP contribution in [-0.2, 0) is 11.2 Å². The number of ether oxygens (including phenoxy) is 2. The van der Waals surface area contributed by atoms with Gasteiger partial charge in [0.2, 0.25) is 0 Å². The Hall–Kier alpha value is -1.51. The van der Waals surface area contributed by atoms with E-state index in [1.54, 1.807) is 14.2 Å². The van der Waals surface area contributed by atoms with Crippen LogP contribution in [0.2, 0.25) is 0 Å². The number of carbonyl (C=O) groups excluding carboxylic acids is 1. The Labute approximate surface area is 108 Å². The van der Waals surface area contributed by atoms with Gasteiger partial charge in [-0.15, -0.1) is 0 Å². The van der Waals surface area contributed by atoms with E-state index >= 15 is 0 Å². The van der Waals surface area contributed by atoms with Gasteiger partial charge in [0, 0.05) is 18.9 Å². The molecule has 98 valence electrons. The fraction of sp³-hybridized carbons (Fsp3) is 0.533. The van der Waals surface area contributed by atoms with Gasteiger partial charge in [-0.25, -0.2) is 0 Å². The molecule has 0 aliphatic heterocycles. The van der Waals surface area contributed by atoms with Crippen molar-refractivity contribution in [2.75, 3.05) is 14.2 Å². The fourth-order valence-electron chi connectivity index (χ4n) is 2.61. The minimum Gasteiger partial charge on any atom is -0.497 e. The lowest BCUT2D eigenvalue weighted by molar-refractivity contribution is -0.121. The normalized spacial score (nSPS) is 19.7. The van der Waals surface area contributed by atoms with Crippen LogP contribution in [0.4, 0.5) is 0 Å². The van der Waals surface area contributed by atoms with E-state index in [1.807, 2.05) is 18.2 Å². The topological polar surface area (TPSA) is 35.5 Å². The maximum atomic E-state index is 11.5. The highest BCUT2D eigenvalue weighted by Gasteiger charge is 2.20.